The Morgan fingerprint density at radius 1 is 1.32 bits per heavy atom. The van der Waals surface area contributed by atoms with Gasteiger partial charge in [0.2, 0.25) is 11.5 Å². The average Bonchev–Trinajstić information content (AvgIpc) is 2.81. The van der Waals surface area contributed by atoms with Gasteiger partial charge in [-0.25, -0.2) is 18.7 Å². The Balaban J connectivity index is 0.00000199. The van der Waals surface area contributed by atoms with Gasteiger partial charge < -0.3 is 15.2 Å². The fraction of sp³-hybridized carbons (Fsp3) is 0.348. The number of terminal acetylenes is 1. The van der Waals surface area contributed by atoms with Crippen LogP contribution in [-0.4, -0.2) is 40.8 Å². The minimum atomic E-state index is -4.79. The second kappa shape index (κ2) is 11.1. The lowest BCUT2D eigenvalue weighted by atomic mass is 9.98. The number of benzene rings is 1. The van der Waals surface area contributed by atoms with Crippen LogP contribution in [0.15, 0.2) is 35.6 Å². The third kappa shape index (κ3) is 5.88. The zero-order valence-corrected chi connectivity index (χ0v) is 18.7. The van der Waals surface area contributed by atoms with Crippen LogP contribution in [0.2, 0.25) is 0 Å². The minimum Gasteiger partial charge on any atom is -0.463 e. The van der Waals surface area contributed by atoms with E-state index >= 15 is 0 Å². The van der Waals surface area contributed by atoms with Crippen LogP contribution in [0.5, 0.6) is 5.88 Å². The number of aromatic nitrogens is 2. The standard InChI is InChI=1S/C21H17F5N4O2.C2H6/c1-3-6-31-18-10-28-16(9-29-18)15(23)8-12-4-5-14(22)13(7-12)17-11-32-20(2,19(27)30-17)21(24,25)26;1-2/h1,4-5,7-10,17H,6,11H2,2H3,(H2,27,30);1-2H3/b15-8-;. The van der Waals surface area contributed by atoms with E-state index in [0.717, 1.165) is 25.3 Å². The fourth-order valence-electron chi connectivity index (χ4n) is 2.79. The van der Waals surface area contributed by atoms with E-state index < -0.39 is 41.9 Å². The molecule has 0 saturated carbocycles. The van der Waals surface area contributed by atoms with Crippen LogP contribution in [0.25, 0.3) is 11.9 Å². The summed E-state index contributed by atoms with van der Waals surface area (Å²) in [5.74, 6) is 0.00135. The summed E-state index contributed by atoms with van der Waals surface area (Å²) < 4.78 is 78.5. The first kappa shape index (κ1) is 26.7. The largest absolute Gasteiger partial charge is 0.463 e. The highest BCUT2D eigenvalue weighted by molar-refractivity contribution is 5.90. The van der Waals surface area contributed by atoms with Gasteiger partial charge in [-0.2, -0.15) is 13.2 Å². The van der Waals surface area contributed by atoms with Crippen molar-refractivity contribution in [2.45, 2.75) is 38.6 Å². The number of halogens is 5. The Morgan fingerprint density at radius 3 is 2.59 bits per heavy atom. The Labute approximate surface area is 193 Å². The number of rotatable bonds is 5. The molecule has 11 heteroatoms. The number of alkyl halides is 3. The van der Waals surface area contributed by atoms with Crippen LogP contribution in [-0.2, 0) is 4.74 Å². The molecule has 0 saturated heterocycles. The van der Waals surface area contributed by atoms with Crippen molar-refractivity contribution in [3.05, 3.63) is 53.2 Å². The molecule has 1 aliphatic heterocycles. The minimum absolute atomic E-state index is 0.0231. The molecule has 0 spiro atoms. The van der Waals surface area contributed by atoms with Gasteiger partial charge in [0, 0.05) is 5.56 Å². The molecule has 2 aromatic rings. The highest BCUT2D eigenvalue weighted by Crippen LogP contribution is 2.39. The van der Waals surface area contributed by atoms with Crippen LogP contribution in [0.1, 0.15) is 43.6 Å². The maximum Gasteiger partial charge on any atom is 0.424 e. The van der Waals surface area contributed by atoms with E-state index in [4.69, 9.17) is 21.6 Å². The summed E-state index contributed by atoms with van der Waals surface area (Å²) in [5, 5.41) is 0. The van der Waals surface area contributed by atoms with Crippen molar-refractivity contribution in [1.29, 1.82) is 0 Å². The molecule has 0 fully saturated rings. The molecule has 0 radical (unpaired) electrons. The Kier molecular flexibility index (Phi) is 8.70. The van der Waals surface area contributed by atoms with E-state index in [-0.39, 0.29) is 29.3 Å². The summed E-state index contributed by atoms with van der Waals surface area (Å²) in [5.41, 5.74) is 2.73. The molecule has 1 aromatic heterocycles. The van der Waals surface area contributed by atoms with E-state index in [0.29, 0.717) is 0 Å². The lowest BCUT2D eigenvalue weighted by Crippen LogP contribution is -2.57. The number of nitrogens with two attached hydrogens (primary N) is 1. The lowest BCUT2D eigenvalue weighted by molar-refractivity contribution is -0.246. The molecule has 3 rings (SSSR count). The summed E-state index contributed by atoms with van der Waals surface area (Å²) >= 11 is 0. The predicted molar refractivity (Wildman–Crippen MR) is 118 cm³/mol. The van der Waals surface area contributed by atoms with E-state index in [9.17, 15) is 22.0 Å². The highest BCUT2D eigenvalue weighted by Gasteiger charge is 2.57. The number of nitrogens with zero attached hydrogens (tertiary/aromatic N) is 3. The summed E-state index contributed by atoms with van der Waals surface area (Å²) in [6.07, 6.45) is 3.65. The zero-order chi connectivity index (χ0) is 25.5. The van der Waals surface area contributed by atoms with Gasteiger partial charge in [-0.05, 0) is 30.7 Å². The zero-order valence-electron chi connectivity index (χ0n) is 18.7. The van der Waals surface area contributed by atoms with Crippen molar-refractivity contribution in [1.82, 2.24) is 9.97 Å². The number of ether oxygens (including phenoxy) is 2. The summed E-state index contributed by atoms with van der Waals surface area (Å²) in [6, 6.07) is 2.44. The first-order valence-corrected chi connectivity index (χ1v) is 10.1. The molecule has 34 heavy (non-hydrogen) atoms. The molecule has 2 heterocycles. The van der Waals surface area contributed by atoms with Crippen molar-refractivity contribution in [3.8, 4) is 18.2 Å². The van der Waals surface area contributed by atoms with Crippen LogP contribution in [0, 0.1) is 18.2 Å². The van der Waals surface area contributed by atoms with Crippen LogP contribution in [0.3, 0.4) is 0 Å². The molecule has 182 valence electrons. The monoisotopic (exact) mass is 482 g/mol. The average molecular weight is 482 g/mol. The molecular weight excluding hydrogens is 459 g/mol. The van der Waals surface area contributed by atoms with Crippen molar-refractivity contribution >= 4 is 17.7 Å². The van der Waals surface area contributed by atoms with Crippen molar-refractivity contribution in [3.63, 3.8) is 0 Å². The van der Waals surface area contributed by atoms with Gasteiger partial charge in [0.15, 0.2) is 12.4 Å². The Hall–Kier alpha value is -3.52. The van der Waals surface area contributed by atoms with Gasteiger partial charge in [0.25, 0.3) is 0 Å². The third-order valence-electron chi connectivity index (χ3n) is 4.70. The molecule has 0 amide bonds. The van der Waals surface area contributed by atoms with E-state index in [1.165, 1.54) is 18.3 Å². The quantitative estimate of drug-likeness (QED) is 0.486. The normalized spacial score (nSPS) is 20.5. The second-order valence-electron chi connectivity index (χ2n) is 6.88. The number of hydrogen-bond acceptors (Lipinski definition) is 6. The van der Waals surface area contributed by atoms with Gasteiger partial charge in [-0.1, -0.05) is 25.8 Å². The first-order valence-electron chi connectivity index (χ1n) is 10.1. The van der Waals surface area contributed by atoms with Crippen LogP contribution in [0.4, 0.5) is 22.0 Å². The summed E-state index contributed by atoms with van der Waals surface area (Å²) in [7, 11) is 0. The van der Waals surface area contributed by atoms with Gasteiger partial charge >= 0.3 is 6.18 Å². The number of amidine groups is 1. The molecule has 2 N–H and O–H groups in total. The SMILES string of the molecule is C#CCOc1cnc(/C(F)=C/c2ccc(F)c(C3COC(C)(C(F)(F)F)C(N)=N3)c2)cn1.CC. The van der Waals surface area contributed by atoms with E-state index in [1.54, 1.807) is 0 Å². The van der Waals surface area contributed by atoms with Crippen molar-refractivity contribution < 1.29 is 31.4 Å². The maximum absolute atomic E-state index is 14.6. The molecule has 1 aliphatic rings. The van der Waals surface area contributed by atoms with Crippen LogP contribution < -0.4 is 10.5 Å². The first-order chi connectivity index (χ1) is 16.0. The molecule has 1 aromatic carbocycles. The predicted octanol–water partition coefficient (Wildman–Crippen LogP) is 4.87. The topological polar surface area (TPSA) is 82.6 Å². The fourth-order valence-corrected chi connectivity index (χ4v) is 2.79. The van der Waals surface area contributed by atoms with Gasteiger partial charge in [0.1, 0.15) is 23.4 Å². The molecule has 2 unspecified atom stereocenters. The maximum atomic E-state index is 14.6. The van der Waals surface area contributed by atoms with Crippen molar-refractivity contribution in [2.75, 3.05) is 13.2 Å². The molecule has 0 aliphatic carbocycles. The Bertz CT molecular complexity index is 1090. The Morgan fingerprint density at radius 2 is 2.03 bits per heavy atom. The molecule has 6 nitrogen and oxygen atoms in total. The van der Waals surface area contributed by atoms with E-state index in [1.807, 2.05) is 13.8 Å². The van der Waals surface area contributed by atoms with E-state index in [2.05, 4.69) is 20.9 Å². The highest BCUT2D eigenvalue weighted by atomic mass is 19.4. The van der Waals surface area contributed by atoms with Gasteiger partial charge in [-0.3, -0.25) is 4.99 Å². The molecular formula is C23H23F5N4O2. The smallest absolute Gasteiger partial charge is 0.424 e. The number of aliphatic imine (C=N–C) groups is 1. The van der Waals surface area contributed by atoms with Crippen LogP contribution >= 0.6 is 0 Å². The number of hydrogen-bond donors (Lipinski definition) is 1. The molecule has 0 bridgehead atoms. The second-order valence-corrected chi connectivity index (χ2v) is 6.88. The van der Waals surface area contributed by atoms with Gasteiger partial charge in [-0.15, -0.1) is 6.42 Å². The summed E-state index contributed by atoms with van der Waals surface area (Å²) in [4.78, 5) is 11.5. The van der Waals surface area contributed by atoms with Crippen molar-refractivity contribution in [2.24, 2.45) is 10.7 Å². The summed E-state index contributed by atoms with van der Waals surface area (Å²) in [6.45, 7) is 4.16. The lowest BCUT2D eigenvalue weighted by Gasteiger charge is -2.36. The van der Waals surface area contributed by atoms with Gasteiger partial charge in [0.05, 0.1) is 19.0 Å². The third-order valence-corrected chi connectivity index (χ3v) is 4.70. The molecule has 2 atom stereocenters.